The monoisotopic (exact) mass is 399 g/mol. The standard InChI is InChI=1S/C20H28F3N3O2/c1-5-6-7-26(3)13-18-14(2)24-25-19(18)15-10-16(20(21,22)23)12-17(11-15)28-9-8-27-4/h10-12H,5-9,13H2,1-4H3,(H,24,25). The van der Waals surface area contributed by atoms with Gasteiger partial charge < -0.3 is 14.4 Å². The molecule has 0 fully saturated rings. The molecule has 156 valence electrons. The van der Waals surface area contributed by atoms with Crippen LogP contribution in [0.2, 0.25) is 0 Å². The number of hydrogen-bond donors (Lipinski definition) is 1. The lowest BCUT2D eigenvalue weighted by molar-refractivity contribution is -0.137. The number of rotatable bonds is 10. The van der Waals surface area contributed by atoms with Gasteiger partial charge in [-0.2, -0.15) is 18.3 Å². The minimum atomic E-state index is -4.47. The summed E-state index contributed by atoms with van der Waals surface area (Å²) in [5, 5.41) is 7.19. The van der Waals surface area contributed by atoms with Crippen LogP contribution in [-0.4, -0.2) is 49.0 Å². The van der Waals surface area contributed by atoms with Gasteiger partial charge in [0.05, 0.1) is 17.9 Å². The van der Waals surface area contributed by atoms with E-state index in [-0.39, 0.29) is 12.4 Å². The van der Waals surface area contributed by atoms with Crippen LogP contribution in [-0.2, 0) is 17.5 Å². The molecule has 0 saturated heterocycles. The molecule has 0 amide bonds. The zero-order valence-electron chi connectivity index (χ0n) is 16.8. The highest BCUT2D eigenvalue weighted by Gasteiger charge is 2.32. The van der Waals surface area contributed by atoms with Crippen LogP contribution in [0.4, 0.5) is 13.2 Å². The highest BCUT2D eigenvalue weighted by molar-refractivity contribution is 5.67. The molecule has 0 unspecified atom stereocenters. The molecule has 1 N–H and O–H groups in total. The molecule has 0 spiro atoms. The van der Waals surface area contributed by atoms with Crippen molar-refractivity contribution in [3.05, 3.63) is 35.0 Å². The Morgan fingerprint density at radius 3 is 2.57 bits per heavy atom. The second-order valence-corrected chi connectivity index (χ2v) is 6.85. The minimum absolute atomic E-state index is 0.146. The summed E-state index contributed by atoms with van der Waals surface area (Å²) in [7, 11) is 3.51. The Morgan fingerprint density at radius 2 is 1.93 bits per heavy atom. The summed E-state index contributed by atoms with van der Waals surface area (Å²) in [6.45, 7) is 5.98. The van der Waals surface area contributed by atoms with Crippen molar-refractivity contribution >= 4 is 0 Å². The largest absolute Gasteiger partial charge is 0.491 e. The molecule has 0 atom stereocenters. The number of H-pyrrole nitrogens is 1. The van der Waals surface area contributed by atoms with Crippen molar-refractivity contribution in [3.63, 3.8) is 0 Å². The second kappa shape index (κ2) is 9.93. The third kappa shape index (κ3) is 5.97. The van der Waals surface area contributed by atoms with E-state index in [9.17, 15) is 13.2 Å². The van der Waals surface area contributed by atoms with Crippen molar-refractivity contribution in [2.45, 2.75) is 39.4 Å². The smallest absolute Gasteiger partial charge is 0.416 e. The van der Waals surface area contributed by atoms with E-state index in [1.54, 1.807) is 6.07 Å². The Balaban J connectivity index is 2.39. The highest BCUT2D eigenvalue weighted by atomic mass is 19.4. The molecule has 1 aromatic heterocycles. The van der Waals surface area contributed by atoms with Gasteiger partial charge in [-0.15, -0.1) is 0 Å². The quantitative estimate of drug-likeness (QED) is 0.591. The van der Waals surface area contributed by atoms with Gasteiger partial charge in [0.2, 0.25) is 0 Å². The number of benzene rings is 1. The Labute approximate surface area is 163 Å². The maximum atomic E-state index is 13.4. The van der Waals surface area contributed by atoms with Gasteiger partial charge in [-0.3, -0.25) is 5.10 Å². The van der Waals surface area contributed by atoms with Gasteiger partial charge in [0.1, 0.15) is 12.4 Å². The number of methoxy groups -OCH3 is 1. The lowest BCUT2D eigenvalue weighted by Crippen LogP contribution is -2.19. The van der Waals surface area contributed by atoms with Crippen molar-refractivity contribution in [3.8, 4) is 17.0 Å². The number of nitrogens with one attached hydrogen (secondary N) is 1. The van der Waals surface area contributed by atoms with Crippen LogP contribution in [0.5, 0.6) is 5.75 Å². The Hall–Kier alpha value is -2.06. The van der Waals surface area contributed by atoms with Gasteiger partial charge in [0.25, 0.3) is 0 Å². The maximum absolute atomic E-state index is 13.4. The molecule has 0 bridgehead atoms. The van der Waals surface area contributed by atoms with E-state index in [1.807, 2.05) is 14.0 Å². The number of halogens is 3. The minimum Gasteiger partial charge on any atom is -0.491 e. The van der Waals surface area contributed by atoms with Gasteiger partial charge in [-0.05, 0) is 45.1 Å². The van der Waals surface area contributed by atoms with Crippen LogP contribution in [0.25, 0.3) is 11.3 Å². The van der Waals surface area contributed by atoms with E-state index >= 15 is 0 Å². The number of nitrogens with zero attached hydrogens (tertiary/aromatic N) is 2. The lowest BCUT2D eigenvalue weighted by atomic mass is 10.0. The van der Waals surface area contributed by atoms with Crippen LogP contribution >= 0.6 is 0 Å². The molecular weight excluding hydrogens is 371 g/mol. The fraction of sp³-hybridized carbons (Fsp3) is 0.550. The number of aromatic nitrogens is 2. The molecule has 2 aromatic rings. The molecule has 0 aliphatic heterocycles. The summed E-state index contributed by atoms with van der Waals surface area (Å²) in [5.41, 5.74) is 1.87. The van der Waals surface area contributed by atoms with Crippen LogP contribution in [0.1, 0.15) is 36.6 Å². The van der Waals surface area contributed by atoms with Crippen LogP contribution in [0.15, 0.2) is 18.2 Å². The Morgan fingerprint density at radius 1 is 1.18 bits per heavy atom. The third-order valence-electron chi connectivity index (χ3n) is 4.46. The van der Waals surface area contributed by atoms with E-state index < -0.39 is 11.7 Å². The van der Waals surface area contributed by atoms with Crippen molar-refractivity contribution in [1.29, 1.82) is 0 Å². The molecule has 0 aliphatic carbocycles. The molecule has 8 heteroatoms. The average Bonchev–Trinajstić information content (AvgIpc) is 3.00. The lowest BCUT2D eigenvalue weighted by Gasteiger charge is -2.17. The molecule has 1 aromatic carbocycles. The second-order valence-electron chi connectivity index (χ2n) is 6.85. The van der Waals surface area contributed by atoms with E-state index in [4.69, 9.17) is 9.47 Å². The summed E-state index contributed by atoms with van der Waals surface area (Å²) >= 11 is 0. The Kier molecular flexibility index (Phi) is 7.88. The number of hydrogen-bond acceptors (Lipinski definition) is 4. The number of aryl methyl sites for hydroxylation is 1. The van der Waals surface area contributed by atoms with Crippen molar-refractivity contribution in [2.24, 2.45) is 0 Å². The first kappa shape index (κ1) is 22.2. The molecule has 1 heterocycles. The van der Waals surface area contributed by atoms with Gasteiger partial charge in [0.15, 0.2) is 0 Å². The average molecular weight is 399 g/mol. The first-order valence-electron chi connectivity index (χ1n) is 9.33. The first-order chi connectivity index (χ1) is 13.3. The number of unbranched alkanes of at least 4 members (excludes halogenated alkanes) is 1. The molecule has 0 radical (unpaired) electrons. The third-order valence-corrected chi connectivity index (χ3v) is 4.46. The molecular formula is C20H28F3N3O2. The number of aromatic amines is 1. The van der Waals surface area contributed by atoms with Crippen LogP contribution < -0.4 is 4.74 Å². The Bertz CT molecular complexity index is 760. The van der Waals surface area contributed by atoms with Crippen molar-refractivity contribution < 1.29 is 22.6 Å². The zero-order valence-corrected chi connectivity index (χ0v) is 16.8. The fourth-order valence-electron chi connectivity index (χ4n) is 2.89. The van der Waals surface area contributed by atoms with Crippen LogP contribution in [0, 0.1) is 6.92 Å². The molecule has 2 rings (SSSR count). The first-order valence-corrected chi connectivity index (χ1v) is 9.33. The molecule has 28 heavy (non-hydrogen) atoms. The van der Waals surface area contributed by atoms with E-state index in [0.29, 0.717) is 24.4 Å². The maximum Gasteiger partial charge on any atom is 0.416 e. The predicted octanol–water partition coefficient (Wildman–Crippen LogP) is 4.66. The molecule has 5 nitrogen and oxygen atoms in total. The molecule has 0 aliphatic rings. The summed E-state index contributed by atoms with van der Waals surface area (Å²) < 4.78 is 50.5. The topological polar surface area (TPSA) is 50.4 Å². The summed E-state index contributed by atoms with van der Waals surface area (Å²) in [6, 6.07) is 3.72. The van der Waals surface area contributed by atoms with E-state index in [2.05, 4.69) is 22.0 Å². The van der Waals surface area contributed by atoms with E-state index in [0.717, 1.165) is 42.8 Å². The molecule has 0 saturated carbocycles. The van der Waals surface area contributed by atoms with Crippen LogP contribution in [0.3, 0.4) is 0 Å². The summed E-state index contributed by atoms with van der Waals surface area (Å²) in [6.07, 6.45) is -2.33. The van der Waals surface area contributed by atoms with Gasteiger partial charge in [-0.25, -0.2) is 0 Å². The highest BCUT2D eigenvalue weighted by Crippen LogP contribution is 2.36. The van der Waals surface area contributed by atoms with Crippen molar-refractivity contribution in [2.75, 3.05) is 33.9 Å². The van der Waals surface area contributed by atoms with Crippen molar-refractivity contribution in [1.82, 2.24) is 15.1 Å². The predicted molar refractivity (Wildman–Crippen MR) is 102 cm³/mol. The van der Waals surface area contributed by atoms with Gasteiger partial charge in [0, 0.05) is 30.5 Å². The zero-order chi connectivity index (χ0) is 20.7. The number of ether oxygens (including phenoxy) is 2. The SMILES string of the molecule is CCCCN(C)Cc1c(-c2cc(OCCOC)cc(C(F)(F)F)c2)n[nH]c1C. The normalized spacial score (nSPS) is 12.0. The summed E-state index contributed by atoms with van der Waals surface area (Å²) in [5.74, 6) is 0.146. The fourth-order valence-corrected chi connectivity index (χ4v) is 2.89. The van der Waals surface area contributed by atoms with Gasteiger partial charge >= 0.3 is 6.18 Å². The number of alkyl halides is 3. The van der Waals surface area contributed by atoms with Gasteiger partial charge in [-0.1, -0.05) is 13.3 Å². The van der Waals surface area contributed by atoms with E-state index in [1.165, 1.54) is 7.11 Å². The summed E-state index contributed by atoms with van der Waals surface area (Å²) in [4.78, 5) is 2.15.